The molecule has 0 amide bonds. The number of ether oxygens (including phenoxy) is 1. The fraction of sp³-hybridized carbons (Fsp3) is 0.333. The van der Waals surface area contributed by atoms with Crippen LogP contribution in [0, 0.1) is 0 Å². The average molecular weight is 368 g/mol. The van der Waals surface area contributed by atoms with Gasteiger partial charge in [-0.1, -0.05) is 71.2 Å². The first kappa shape index (κ1) is 16.4. The van der Waals surface area contributed by atoms with Gasteiger partial charge in [0.25, 0.3) is 0 Å². The number of rotatable bonds is 6. The number of halogens is 2. The van der Waals surface area contributed by atoms with E-state index in [4.69, 9.17) is 16.3 Å². The van der Waals surface area contributed by atoms with Gasteiger partial charge in [0.2, 0.25) is 0 Å². The fourth-order valence-electron chi connectivity index (χ4n) is 2.31. The Labute approximate surface area is 140 Å². The molecular formula is C18H20BrClO. The molecule has 0 bridgehead atoms. The molecule has 21 heavy (non-hydrogen) atoms. The van der Waals surface area contributed by atoms with E-state index in [1.807, 2.05) is 18.2 Å². The average Bonchev–Trinajstić information content (AvgIpc) is 2.52. The number of hydrogen-bond donors (Lipinski definition) is 0. The third kappa shape index (κ3) is 4.24. The molecule has 0 aliphatic rings. The summed E-state index contributed by atoms with van der Waals surface area (Å²) in [5, 5.41) is 0.685. The van der Waals surface area contributed by atoms with Gasteiger partial charge in [0.1, 0.15) is 5.75 Å². The molecule has 0 aliphatic carbocycles. The molecule has 2 aromatic rings. The van der Waals surface area contributed by atoms with E-state index in [2.05, 4.69) is 47.1 Å². The number of methoxy groups -OCH3 is 1. The molecule has 2 aromatic carbocycles. The number of benzene rings is 2. The van der Waals surface area contributed by atoms with Crippen molar-refractivity contribution in [1.29, 1.82) is 0 Å². The van der Waals surface area contributed by atoms with Gasteiger partial charge in [0.05, 0.1) is 11.9 Å². The largest absolute Gasteiger partial charge is 0.496 e. The van der Waals surface area contributed by atoms with Crippen molar-refractivity contribution in [3.63, 3.8) is 0 Å². The lowest BCUT2D eigenvalue weighted by atomic mass is 10.0. The summed E-state index contributed by atoms with van der Waals surface area (Å²) in [6.45, 7) is 2.22. The molecule has 1 nitrogen and oxygen atoms in total. The lowest BCUT2D eigenvalue weighted by Crippen LogP contribution is -1.97. The Morgan fingerprint density at radius 3 is 2.48 bits per heavy atom. The molecule has 0 aromatic heterocycles. The van der Waals surface area contributed by atoms with Crippen LogP contribution in [0.2, 0.25) is 5.02 Å². The summed E-state index contributed by atoms with van der Waals surface area (Å²) < 4.78 is 5.43. The third-order valence-electron chi connectivity index (χ3n) is 3.56. The predicted molar refractivity (Wildman–Crippen MR) is 93.8 cm³/mol. The molecule has 0 N–H and O–H groups in total. The molecular weight excluding hydrogens is 348 g/mol. The Morgan fingerprint density at radius 2 is 1.86 bits per heavy atom. The SMILES string of the molecule is CCCCc1ccc(C(Br)c2ccc(Cl)cc2OC)cc1. The number of aryl methyl sites for hydroxylation is 1. The van der Waals surface area contributed by atoms with Crippen LogP contribution < -0.4 is 4.74 Å². The van der Waals surface area contributed by atoms with Crippen LogP contribution >= 0.6 is 27.5 Å². The van der Waals surface area contributed by atoms with Crippen LogP contribution in [0.3, 0.4) is 0 Å². The van der Waals surface area contributed by atoms with Gasteiger partial charge in [0, 0.05) is 10.6 Å². The van der Waals surface area contributed by atoms with Gasteiger partial charge in [-0.05, 0) is 36.1 Å². The molecule has 0 fully saturated rings. The zero-order valence-corrected chi connectivity index (χ0v) is 14.7. The van der Waals surface area contributed by atoms with Crippen molar-refractivity contribution < 1.29 is 4.74 Å². The van der Waals surface area contributed by atoms with Crippen LogP contribution in [-0.4, -0.2) is 7.11 Å². The highest BCUT2D eigenvalue weighted by Gasteiger charge is 2.15. The van der Waals surface area contributed by atoms with Crippen molar-refractivity contribution in [2.75, 3.05) is 7.11 Å². The van der Waals surface area contributed by atoms with Crippen LogP contribution in [0.25, 0.3) is 0 Å². The van der Waals surface area contributed by atoms with Crippen molar-refractivity contribution in [3.05, 3.63) is 64.2 Å². The van der Waals surface area contributed by atoms with Gasteiger partial charge in [-0.15, -0.1) is 0 Å². The van der Waals surface area contributed by atoms with Crippen molar-refractivity contribution in [2.24, 2.45) is 0 Å². The second-order valence-electron chi connectivity index (χ2n) is 5.09. The molecule has 2 rings (SSSR count). The fourth-order valence-corrected chi connectivity index (χ4v) is 3.15. The second-order valence-corrected chi connectivity index (χ2v) is 6.45. The Kier molecular flexibility index (Phi) is 6.13. The normalized spacial score (nSPS) is 12.2. The Balaban J connectivity index is 2.21. The minimum absolute atomic E-state index is 0.102. The van der Waals surface area contributed by atoms with Gasteiger partial charge in [-0.2, -0.15) is 0 Å². The van der Waals surface area contributed by atoms with Gasteiger partial charge in [-0.3, -0.25) is 0 Å². The summed E-state index contributed by atoms with van der Waals surface area (Å²) in [6, 6.07) is 14.5. The first-order chi connectivity index (χ1) is 10.2. The highest BCUT2D eigenvalue weighted by molar-refractivity contribution is 9.09. The van der Waals surface area contributed by atoms with Gasteiger partial charge in [-0.25, -0.2) is 0 Å². The van der Waals surface area contributed by atoms with Crippen molar-refractivity contribution >= 4 is 27.5 Å². The minimum atomic E-state index is 0.102. The van der Waals surface area contributed by atoms with Gasteiger partial charge in [0.15, 0.2) is 0 Å². The topological polar surface area (TPSA) is 9.23 Å². The highest BCUT2D eigenvalue weighted by Crippen LogP contribution is 2.37. The number of alkyl halides is 1. The summed E-state index contributed by atoms with van der Waals surface area (Å²) in [4.78, 5) is 0.102. The van der Waals surface area contributed by atoms with Crippen molar-refractivity contribution in [2.45, 2.75) is 31.0 Å². The Morgan fingerprint density at radius 1 is 1.14 bits per heavy atom. The molecule has 0 aliphatic heterocycles. The zero-order valence-electron chi connectivity index (χ0n) is 12.4. The van der Waals surface area contributed by atoms with Crippen LogP contribution in [-0.2, 0) is 6.42 Å². The number of unbranched alkanes of at least 4 members (excludes halogenated alkanes) is 1. The zero-order chi connectivity index (χ0) is 15.2. The van der Waals surface area contributed by atoms with E-state index in [0.29, 0.717) is 5.02 Å². The molecule has 0 saturated heterocycles. The molecule has 0 radical (unpaired) electrons. The predicted octanol–water partition coefficient (Wildman–Crippen LogP) is 6.18. The summed E-state index contributed by atoms with van der Waals surface area (Å²) in [7, 11) is 1.67. The van der Waals surface area contributed by atoms with E-state index >= 15 is 0 Å². The smallest absolute Gasteiger partial charge is 0.125 e. The quantitative estimate of drug-likeness (QED) is 0.554. The summed E-state index contributed by atoms with van der Waals surface area (Å²) >= 11 is 9.78. The maximum atomic E-state index is 6.02. The standard InChI is InChI=1S/C18H20BrClO/c1-3-4-5-13-6-8-14(9-7-13)18(19)16-11-10-15(20)12-17(16)21-2/h6-12,18H,3-5H2,1-2H3. The monoisotopic (exact) mass is 366 g/mol. The number of hydrogen-bond acceptors (Lipinski definition) is 1. The third-order valence-corrected chi connectivity index (χ3v) is 4.82. The van der Waals surface area contributed by atoms with E-state index in [-0.39, 0.29) is 4.83 Å². The summed E-state index contributed by atoms with van der Waals surface area (Å²) in [5.74, 6) is 0.805. The second kappa shape index (κ2) is 7.86. The molecule has 112 valence electrons. The molecule has 0 spiro atoms. The summed E-state index contributed by atoms with van der Waals surface area (Å²) in [6.07, 6.45) is 3.61. The van der Waals surface area contributed by atoms with Gasteiger partial charge >= 0.3 is 0 Å². The molecule has 1 unspecified atom stereocenters. The van der Waals surface area contributed by atoms with E-state index in [1.165, 1.54) is 24.0 Å². The van der Waals surface area contributed by atoms with E-state index < -0.39 is 0 Å². The van der Waals surface area contributed by atoms with Crippen molar-refractivity contribution in [3.8, 4) is 5.75 Å². The lowest BCUT2D eigenvalue weighted by molar-refractivity contribution is 0.410. The first-order valence-electron chi connectivity index (χ1n) is 7.22. The van der Waals surface area contributed by atoms with E-state index in [9.17, 15) is 0 Å². The molecule has 0 saturated carbocycles. The maximum Gasteiger partial charge on any atom is 0.125 e. The molecule has 0 heterocycles. The Bertz CT molecular complexity index is 580. The Hall–Kier alpha value is -0.990. The van der Waals surface area contributed by atoms with E-state index in [1.54, 1.807) is 7.11 Å². The first-order valence-corrected chi connectivity index (χ1v) is 8.51. The maximum absolute atomic E-state index is 6.02. The molecule has 1 atom stereocenters. The highest BCUT2D eigenvalue weighted by atomic mass is 79.9. The van der Waals surface area contributed by atoms with Crippen molar-refractivity contribution in [1.82, 2.24) is 0 Å². The lowest BCUT2D eigenvalue weighted by Gasteiger charge is -2.15. The van der Waals surface area contributed by atoms with Crippen LogP contribution in [0.15, 0.2) is 42.5 Å². The van der Waals surface area contributed by atoms with Gasteiger partial charge < -0.3 is 4.74 Å². The van der Waals surface area contributed by atoms with Crippen LogP contribution in [0.5, 0.6) is 5.75 Å². The van der Waals surface area contributed by atoms with E-state index in [0.717, 1.165) is 17.7 Å². The minimum Gasteiger partial charge on any atom is -0.496 e. The van der Waals surface area contributed by atoms with Crippen LogP contribution in [0.1, 0.15) is 41.3 Å². The van der Waals surface area contributed by atoms with Crippen LogP contribution in [0.4, 0.5) is 0 Å². The molecule has 3 heteroatoms. The summed E-state index contributed by atoms with van der Waals surface area (Å²) in [5.41, 5.74) is 3.70.